The van der Waals surface area contributed by atoms with E-state index in [-0.39, 0.29) is 17.9 Å². The van der Waals surface area contributed by atoms with Crippen LogP contribution in [-0.4, -0.2) is 24.4 Å². The lowest BCUT2D eigenvalue weighted by Crippen LogP contribution is -2.31. The molecule has 0 spiro atoms. The molecule has 0 saturated carbocycles. The van der Waals surface area contributed by atoms with Gasteiger partial charge in [-0.1, -0.05) is 6.07 Å². The van der Waals surface area contributed by atoms with Crippen molar-refractivity contribution in [2.24, 2.45) is 5.73 Å². The van der Waals surface area contributed by atoms with E-state index in [4.69, 9.17) is 10.8 Å². The Morgan fingerprint density at radius 1 is 1.50 bits per heavy atom. The van der Waals surface area contributed by atoms with Crippen LogP contribution < -0.4 is 15.8 Å². The smallest absolute Gasteiger partial charge is 0.404 e. The van der Waals surface area contributed by atoms with Crippen molar-refractivity contribution in [1.82, 2.24) is 5.32 Å². The van der Waals surface area contributed by atoms with Crippen LogP contribution in [0.15, 0.2) is 18.2 Å². The highest BCUT2D eigenvalue weighted by Crippen LogP contribution is 2.21. The fourth-order valence-electron chi connectivity index (χ4n) is 1.29. The van der Waals surface area contributed by atoms with Crippen LogP contribution in [0.4, 0.5) is 18.0 Å². The molecule has 4 N–H and O–H groups in total. The Morgan fingerprint density at radius 3 is 2.67 bits per heavy atom. The van der Waals surface area contributed by atoms with Crippen LogP contribution in [0.2, 0.25) is 0 Å². The zero-order valence-electron chi connectivity index (χ0n) is 9.07. The van der Waals surface area contributed by atoms with Crippen molar-refractivity contribution in [2.45, 2.75) is 12.7 Å². The molecule has 0 bridgehead atoms. The molecule has 0 aliphatic heterocycles. The van der Waals surface area contributed by atoms with Crippen LogP contribution in [0.1, 0.15) is 11.6 Å². The molecule has 1 unspecified atom stereocenters. The number of hydrogen-bond acceptors (Lipinski definition) is 3. The number of halogens is 3. The Balaban J connectivity index is 2.75. The maximum Gasteiger partial charge on any atom is 0.404 e. The maximum absolute atomic E-state index is 13.5. The second-order valence-electron chi connectivity index (χ2n) is 3.35. The number of ether oxygens (including phenoxy) is 1. The fourth-order valence-corrected chi connectivity index (χ4v) is 1.29. The van der Waals surface area contributed by atoms with Crippen molar-refractivity contribution < 1.29 is 27.8 Å². The van der Waals surface area contributed by atoms with Crippen LogP contribution in [0.3, 0.4) is 0 Å². The standard InChI is InChI=1S/C10H11F3N2O3/c11-7-3-5(18-9(12)13)1-2-6(7)8(14)4-15-10(16)17/h1-3,8-9,15H,4,14H2,(H,16,17). The molecule has 1 rings (SSSR count). The second kappa shape index (κ2) is 6.10. The van der Waals surface area contributed by atoms with Crippen LogP contribution >= 0.6 is 0 Å². The van der Waals surface area contributed by atoms with Gasteiger partial charge in [-0.15, -0.1) is 0 Å². The number of hydrogen-bond donors (Lipinski definition) is 3. The van der Waals surface area contributed by atoms with Gasteiger partial charge in [-0.2, -0.15) is 8.78 Å². The highest BCUT2D eigenvalue weighted by molar-refractivity contribution is 5.64. The normalized spacial score (nSPS) is 12.3. The molecule has 8 heteroatoms. The van der Waals surface area contributed by atoms with Crippen molar-refractivity contribution in [2.75, 3.05) is 6.54 Å². The van der Waals surface area contributed by atoms with E-state index in [1.807, 2.05) is 5.32 Å². The van der Waals surface area contributed by atoms with E-state index >= 15 is 0 Å². The molecule has 0 aliphatic carbocycles. The van der Waals surface area contributed by atoms with E-state index in [1.54, 1.807) is 0 Å². The fraction of sp³-hybridized carbons (Fsp3) is 0.300. The Bertz CT molecular complexity index is 429. The number of amides is 1. The molecule has 1 aromatic rings. The number of carboxylic acid groups (broad SMARTS) is 1. The molecule has 0 heterocycles. The first-order valence-corrected chi connectivity index (χ1v) is 4.86. The average molecular weight is 264 g/mol. The Morgan fingerprint density at radius 2 is 2.17 bits per heavy atom. The van der Waals surface area contributed by atoms with E-state index in [0.29, 0.717) is 0 Å². The highest BCUT2D eigenvalue weighted by Gasteiger charge is 2.14. The van der Waals surface area contributed by atoms with Crippen molar-refractivity contribution in [3.8, 4) is 5.75 Å². The zero-order chi connectivity index (χ0) is 13.7. The minimum Gasteiger partial charge on any atom is -0.465 e. The molecule has 1 amide bonds. The van der Waals surface area contributed by atoms with Gasteiger partial charge in [0.05, 0.1) is 6.04 Å². The van der Waals surface area contributed by atoms with Gasteiger partial charge in [0.25, 0.3) is 0 Å². The molecule has 1 aromatic carbocycles. The number of benzene rings is 1. The highest BCUT2D eigenvalue weighted by atomic mass is 19.3. The zero-order valence-corrected chi connectivity index (χ0v) is 9.07. The number of nitrogens with one attached hydrogen (secondary N) is 1. The minimum absolute atomic E-state index is 0.00497. The van der Waals surface area contributed by atoms with Gasteiger partial charge in [0.15, 0.2) is 0 Å². The lowest BCUT2D eigenvalue weighted by Gasteiger charge is -2.13. The van der Waals surface area contributed by atoms with E-state index < -0.39 is 24.6 Å². The van der Waals surface area contributed by atoms with Gasteiger partial charge in [0.1, 0.15) is 11.6 Å². The predicted octanol–water partition coefficient (Wildman–Crippen LogP) is 1.69. The number of alkyl halides is 2. The Hall–Kier alpha value is -1.96. The SMILES string of the molecule is NC(CNC(=O)O)c1ccc(OC(F)F)cc1F. The summed E-state index contributed by atoms with van der Waals surface area (Å²) in [6, 6.07) is 2.15. The molecular formula is C10H11F3N2O3. The molecule has 100 valence electrons. The molecule has 0 radical (unpaired) electrons. The average Bonchev–Trinajstić information content (AvgIpc) is 2.25. The summed E-state index contributed by atoms with van der Waals surface area (Å²) in [5, 5.41) is 10.3. The van der Waals surface area contributed by atoms with Gasteiger partial charge in [-0.05, 0) is 6.07 Å². The summed E-state index contributed by atoms with van der Waals surface area (Å²) in [6.07, 6.45) is -1.29. The van der Waals surface area contributed by atoms with Gasteiger partial charge in [0.2, 0.25) is 0 Å². The van der Waals surface area contributed by atoms with Crippen molar-refractivity contribution in [1.29, 1.82) is 0 Å². The third kappa shape index (κ3) is 4.13. The minimum atomic E-state index is -3.04. The summed E-state index contributed by atoms with van der Waals surface area (Å²) in [7, 11) is 0. The van der Waals surface area contributed by atoms with Crippen molar-refractivity contribution >= 4 is 6.09 Å². The van der Waals surface area contributed by atoms with Gasteiger partial charge in [-0.25, -0.2) is 9.18 Å². The van der Waals surface area contributed by atoms with Crippen LogP contribution in [0.25, 0.3) is 0 Å². The Labute approximate surface area is 100 Å². The summed E-state index contributed by atoms with van der Waals surface area (Å²) in [5.74, 6) is -1.17. The molecule has 0 aliphatic rings. The summed E-state index contributed by atoms with van der Waals surface area (Å²) in [5.41, 5.74) is 5.55. The molecule has 18 heavy (non-hydrogen) atoms. The Kier molecular flexibility index (Phi) is 4.78. The number of carbonyl (C=O) groups is 1. The lowest BCUT2D eigenvalue weighted by atomic mass is 10.1. The summed E-state index contributed by atoms with van der Waals surface area (Å²) in [6.45, 7) is -3.24. The first-order chi connectivity index (χ1) is 8.40. The van der Waals surface area contributed by atoms with E-state index in [9.17, 15) is 18.0 Å². The van der Waals surface area contributed by atoms with Gasteiger partial charge >= 0.3 is 12.7 Å². The molecule has 5 nitrogen and oxygen atoms in total. The van der Waals surface area contributed by atoms with Crippen LogP contribution in [0.5, 0.6) is 5.75 Å². The van der Waals surface area contributed by atoms with E-state index in [0.717, 1.165) is 12.1 Å². The van der Waals surface area contributed by atoms with E-state index in [1.165, 1.54) is 6.07 Å². The van der Waals surface area contributed by atoms with Crippen molar-refractivity contribution in [3.63, 3.8) is 0 Å². The largest absolute Gasteiger partial charge is 0.465 e. The summed E-state index contributed by atoms with van der Waals surface area (Å²) in [4.78, 5) is 10.2. The summed E-state index contributed by atoms with van der Waals surface area (Å²) < 4.78 is 41.3. The van der Waals surface area contributed by atoms with Gasteiger partial charge in [0, 0.05) is 18.2 Å². The monoisotopic (exact) mass is 264 g/mol. The van der Waals surface area contributed by atoms with Crippen molar-refractivity contribution in [3.05, 3.63) is 29.6 Å². The topological polar surface area (TPSA) is 84.6 Å². The van der Waals surface area contributed by atoms with Gasteiger partial charge < -0.3 is 20.9 Å². The van der Waals surface area contributed by atoms with Crippen LogP contribution in [-0.2, 0) is 0 Å². The quantitative estimate of drug-likeness (QED) is 0.755. The number of nitrogens with two attached hydrogens (primary N) is 1. The molecule has 0 saturated heterocycles. The molecular weight excluding hydrogens is 253 g/mol. The summed E-state index contributed by atoms with van der Waals surface area (Å²) >= 11 is 0. The first-order valence-electron chi connectivity index (χ1n) is 4.86. The van der Waals surface area contributed by atoms with Crippen LogP contribution in [0, 0.1) is 5.82 Å². The second-order valence-corrected chi connectivity index (χ2v) is 3.35. The maximum atomic E-state index is 13.5. The third-order valence-electron chi connectivity index (χ3n) is 2.07. The molecule has 0 aromatic heterocycles. The third-order valence-corrected chi connectivity index (χ3v) is 2.07. The predicted molar refractivity (Wildman–Crippen MR) is 56.0 cm³/mol. The first kappa shape index (κ1) is 14.1. The van der Waals surface area contributed by atoms with E-state index in [2.05, 4.69) is 4.74 Å². The molecule has 0 fully saturated rings. The van der Waals surface area contributed by atoms with Gasteiger partial charge in [-0.3, -0.25) is 0 Å². The number of rotatable bonds is 5. The lowest BCUT2D eigenvalue weighted by molar-refractivity contribution is -0.0500. The molecule has 1 atom stereocenters.